The van der Waals surface area contributed by atoms with E-state index in [0.717, 1.165) is 0 Å². The van der Waals surface area contributed by atoms with E-state index >= 15 is 0 Å². The molecule has 0 aliphatic carbocycles. The highest BCUT2D eigenvalue weighted by Crippen LogP contribution is 2.17. The molecule has 21 heavy (non-hydrogen) atoms. The average Bonchev–Trinajstić information content (AvgIpc) is 2.47. The Morgan fingerprint density at radius 3 is 2.19 bits per heavy atom. The van der Waals surface area contributed by atoms with Crippen LogP contribution in [0.5, 0.6) is 5.75 Å². The van der Waals surface area contributed by atoms with E-state index in [0.29, 0.717) is 17.5 Å². The summed E-state index contributed by atoms with van der Waals surface area (Å²) < 4.78 is 28.9. The molecular formula is C16H16O4S. The van der Waals surface area contributed by atoms with Gasteiger partial charge in [-0.25, -0.2) is 0 Å². The summed E-state index contributed by atoms with van der Waals surface area (Å²) in [5, 5.41) is 0. The first kappa shape index (κ1) is 15.3. The Bertz CT molecular complexity index is 704. The molecule has 0 aliphatic heterocycles. The Kier molecular flexibility index (Phi) is 4.75. The van der Waals surface area contributed by atoms with Gasteiger partial charge in [-0.15, -0.1) is 0 Å². The van der Waals surface area contributed by atoms with Crippen molar-refractivity contribution in [3.8, 4) is 5.75 Å². The van der Waals surface area contributed by atoms with Crippen LogP contribution in [0.25, 0.3) is 0 Å². The summed E-state index contributed by atoms with van der Waals surface area (Å²) in [5.74, 6) is 0.0241. The number of carbonyl (C=O) groups is 1. The quantitative estimate of drug-likeness (QED) is 0.607. The normalized spacial score (nSPS) is 11.1. The van der Waals surface area contributed by atoms with Crippen LogP contribution in [0, 0.1) is 0 Å². The van der Waals surface area contributed by atoms with E-state index in [9.17, 15) is 13.2 Å². The van der Waals surface area contributed by atoms with E-state index in [1.807, 2.05) is 6.07 Å². The molecule has 0 amide bonds. The third kappa shape index (κ3) is 4.43. The molecule has 0 bridgehead atoms. The summed E-state index contributed by atoms with van der Waals surface area (Å²) in [5.41, 5.74) is 1.21. The van der Waals surface area contributed by atoms with Gasteiger partial charge < -0.3 is 4.18 Å². The first-order chi connectivity index (χ1) is 10.00. The van der Waals surface area contributed by atoms with Gasteiger partial charge in [0.2, 0.25) is 0 Å². The lowest BCUT2D eigenvalue weighted by molar-refractivity contribution is 0.0988. The molecule has 0 atom stereocenters. The largest absolute Gasteiger partial charge is 0.382 e. The van der Waals surface area contributed by atoms with Crippen LogP contribution >= 0.6 is 0 Å². The second-order valence-corrected chi connectivity index (χ2v) is 6.14. The summed E-state index contributed by atoms with van der Waals surface area (Å²) in [6.07, 6.45) is 0.409. The van der Waals surface area contributed by atoms with Crippen molar-refractivity contribution >= 4 is 15.9 Å². The molecule has 2 rings (SSSR count). The van der Waals surface area contributed by atoms with Crippen LogP contribution in [0.4, 0.5) is 0 Å². The number of carbonyl (C=O) groups excluding carboxylic acids is 1. The van der Waals surface area contributed by atoms with Crippen molar-refractivity contribution in [1.82, 2.24) is 0 Å². The predicted molar refractivity (Wildman–Crippen MR) is 80.8 cm³/mol. The fourth-order valence-electron chi connectivity index (χ4n) is 1.85. The fourth-order valence-corrected chi connectivity index (χ4v) is 2.92. The van der Waals surface area contributed by atoms with Crippen molar-refractivity contribution in [2.75, 3.05) is 0 Å². The Morgan fingerprint density at radius 2 is 1.62 bits per heavy atom. The van der Waals surface area contributed by atoms with Gasteiger partial charge >= 0.3 is 10.1 Å². The highest BCUT2D eigenvalue weighted by Gasteiger charge is 2.14. The molecule has 5 heteroatoms. The monoisotopic (exact) mass is 304 g/mol. The van der Waals surface area contributed by atoms with Crippen LogP contribution in [0.1, 0.15) is 29.3 Å². The highest BCUT2D eigenvalue weighted by molar-refractivity contribution is 7.86. The number of ketones is 1. The molecule has 110 valence electrons. The van der Waals surface area contributed by atoms with E-state index < -0.39 is 10.1 Å². The summed E-state index contributed by atoms with van der Waals surface area (Å²) >= 11 is 0. The maximum atomic E-state index is 12.0. The van der Waals surface area contributed by atoms with E-state index in [4.69, 9.17) is 4.18 Å². The molecule has 0 N–H and O–H groups in total. The molecule has 0 fully saturated rings. The number of rotatable bonds is 6. The molecule has 4 nitrogen and oxygen atoms in total. The van der Waals surface area contributed by atoms with Gasteiger partial charge in [-0.1, -0.05) is 37.3 Å². The van der Waals surface area contributed by atoms with Crippen molar-refractivity contribution in [1.29, 1.82) is 0 Å². The Labute approximate surface area is 124 Å². The highest BCUT2D eigenvalue weighted by atomic mass is 32.2. The minimum Gasteiger partial charge on any atom is -0.382 e. The van der Waals surface area contributed by atoms with E-state index in [-0.39, 0.29) is 17.3 Å². The van der Waals surface area contributed by atoms with Gasteiger partial charge in [-0.3, -0.25) is 4.79 Å². The van der Waals surface area contributed by atoms with Crippen molar-refractivity contribution < 1.29 is 17.4 Å². The Hall–Kier alpha value is -2.14. The molecule has 0 radical (unpaired) electrons. The van der Waals surface area contributed by atoms with Crippen LogP contribution in [0.3, 0.4) is 0 Å². The van der Waals surface area contributed by atoms with Crippen LogP contribution in [-0.4, -0.2) is 14.2 Å². The Morgan fingerprint density at radius 1 is 1.00 bits per heavy atom. The number of hydrogen-bond acceptors (Lipinski definition) is 4. The predicted octanol–water partition coefficient (Wildman–Crippen LogP) is 3.19. The van der Waals surface area contributed by atoms with E-state index in [1.165, 1.54) is 12.1 Å². The zero-order valence-corrected chi connectivity index (χ0v) is 12.5. The fraction of sp³-hybridized carbons (Fsp3) is 0.188. The smallest absolute Gasteiger partial charge is 0.313 e. The molecule has 0 unspecified atom stereocenters. The molecule has 0 aromatic heterocycles. The summed E-state index contributed by atoms with van der Waals surface area (Å²) in [6, 6.07) is 14.9. The standard InChI is InChI=1S/C16H16O4S/c1-2-16(17)14-8-10-15(11-9-14)20-21(18,19)12-13-6-4-3-5-7-13/h3-11H,2,12H2,1H3. The minimum atomic E-state index is -3.71. The summed E-state index contributed by atoms with van der Waals surface area (Å²) in [6.45, 7) is 1.77. The van der Waals surface area contributed by atoms with E-state index in [1.54, 1.807) is 43.3 Å². The summed E-state index contributed by atoms with van der Waals surface area (Å²) in [4.78, 5) is 11.5. The number of benzene rings is 2. The molecule has 0 heterocycles. The maximum Gasteiger partial charge on any atom is 0.313 e. The van der Waals surface area contributed by atoms with Crippen LogP contribution in [0.2, 0.25) is 0 Å². The zero-order chi connectivity index (χ0) is 15.3. The first-order valence-electron chi connectivity index (χ1n) is 6.59. The van der Waals surface area contributed by atoms with Crippen LogP contribution < -0.4 is 4.18 Å². The molecule has 0 saturated heterocycles. The van der Waals surface area contributed by atoms with Gasteiger partial charge in [0.25, 0.3) is 0 Å². The molecule has 0 spiro atoms. The average molecular weight is 304 g/mol. The third-order valence-corrected chi connectivity index (χ3v) is 4.04. The lowest BCUT2D eigenvalue weighted by atomic mass is 10.1. The van der Waals surface area contributed by atoms with Gasteiger partial charge in [0.05, 0.1) is 0 Å². The van der Waals surface area contributed by atoms with Gasteiger partial charge in [-0.2, -0.15) is 8.42 Å². The summed E-state index contributed by atoms with van der Waals surface area (Å²) in [7, 11) is -3.71. The SMILES string of the molecule is CCC(=O)c1ccc(OS(=O)(=O)Cc2ccccc2)cc1. The van der Waals surface area contributed by atoms with Crippen molar-refractivity contribution in [3.05, 3.63) is 65.7 Å². The lowest BCUT2D eigenvalue weighted by Crippen LogP contribution is -2.12. The maximum absolute atomic E-state index is 12.0. The Balaban J connectivity index is 2.08. The second kappa shape index (κ2) is 6.54. The molecule has 0 aliphatic rings. The topological polar surface area (TPSA) is 60.4 Å². The minimum absolute atomic E-state index is 0.00805. The first-order valence-corrected chi connectivity index (χ1v) is 8.17. The van der Waals surface area contributed by atoms with Crippen LogP contribution in [0.15, 0.2) is 54.6 Å². The zero-order valence-electron chi connectivity index (χ0n) is 11.7. The second-order valence-electron chi connectivity index (χ2n) is 4.57. The molecule has 0 saturated carbocycles. The van der Waals surface area contributed by atoms with Gasteiger partial charge in [0.15, 0.2) is 5.78 Å². The molecule has 2 aromatic rings. The number of Topliss-reactive ketones (excluding diaryl/α,β-unsaturated/α-hetero) is 1. The van der Waals surface area contributed by atoms with Gasteiger partial charge in [-0.05, 0) is 29.8 Å². The van der Waals surface area contributed by atoms with Crippen molar-refractivity contribution in [2.24, 2.45) is 0 Å². The lowest BCUT2D eigenvalue weighted by Gasteiger charge is -2.07. The van der Waals surface area contributed by atoms with E-state index in [2.05, 4.69) is 0 Å². The van der Waals surface area contributed by atoms with Gasteiger partial charge in [0.1, 0.15) is 11.5 Å². The third-order valence-electron chi connectivity index (χ3n) is 2.91. The number of hydrogen-bond donors (Lipinski definition) is 0. The van der Waals surface area contributed by atoms with Crippen molar-refractivity contribution in [2.45, 2.75) is 19.1 Å². The molecular weight excluding hydrogens is 288 g/mol. The van der Waals surface area contributed by atoms with Crippen molar-refractivity contribution in [3.63, 3.8) is 0 Å². The molecule has 2 aromatic carbocycles. The van der Waals surface area contributed by atoms with Crippen LogP contribution in [-0.2, 0) is 15.9 Å². The van der Waals surface area contributed by atoms with Gasteiger partial charge in [0, 0.05) is 12.0 Å².